The minimum atomic E-state index is -0.416. The van der Waals surface area contributed by atoms with E-state index in [1.54, 1.807) is 0 Å². The summed E-state index contributed by atoms with van der Waals surface area (Å²) in [5.74, 6) is 2.24. The molecule has 2 atom stereocenters. The Labute approximate surface area is 140 Å². The van der Waals surface area contributed by atoms with Crippen LogP contribution in [0.4, 0.5) is 0 Å². The Morgan fingerprint density at radius 3 is 2.57 bits per heavy atom. The molecule has 1 fully saturated rings. The Kier molecular flexibility index (Phi) is 5.74. The third-order valence-electron chi connectivity index (χ3n) is 5.11. The van der Waals surface area contributed by atoms with Crippen LogP contribution in [0.25, 0.3) is 0 Å². The number of aliphatic hydroxyl groups is 1. The first-order valence-corrected chi connectivity index (χ1v) is 9.00. The van der Waals surface area contributed by atoms with E-state index in [9.17, 15) is 5.11 Å². The molecule has 126 valence electrons. The highest BCUT2D eigenvalue weighted by molar-refractivity contribution is 5.32. The van der Waals surface area contributed by atoms with Crippen LogP contribution in [0.5, 0.6) is 5.75 Å². The SMILES string of the molecule is CC1CCN(C[C@@H](O)COc2ccc([C@@H]3C=CCC3)cc2)CC1. The van der Waals surface area contributed by atoms with Gasteiger partial charge in [-0.1, -0.05) is 31.2 Å². The second-order valence-electron chi connectivity index (χ2n) is 7.13. The summed E-state index contributed by atoms with van der Waals surface area (Å²) in [6.07, 6.45) is 9.01. The van der Waals surface area contributed by atoms with E-state index in [1.165, 1.54) is 31.2 Å². The lowest BCUT2D eigenvalue weighted by Gasteiger charge is -2.31. The highest BCUT2D eigenvalue weighted by Crippen LogP contribution is 2.29. The zero-order valence-electron chi connectivity index (χ0n) is 14.2. The van der Waals surface area contributed by atoms with E-state index >= 15 is 0 Å². The molecular weight excluding hydrogens is 286 g/mol. The average molecular weight is 315 g/mol. The van der Waals surface area contributed by atoms with Crippen molar-refractivity contribution in [2.75, 3.05) is 26.2 Å². The number of β-amino-alcohol motifs (C(OH)–C–C–N with tert-alkyl or cyclic N) is 1. The van der Waals surface area contributed by atoms with E-state index in [4.69, 9.17) is 4.74 Å². The third-order valence-corrected chi connectivity index (χ3v) is 5.11. The molecule has 1 aromatic rings. The molecule has 3 nitrogen and oxygen atoms in total. The van der Waals surface area contributed by atoms with Gasteiger partial charge in [0.15, 0.2) is 0 Å². The minimum Gasteiger partial charge on any atom is -0.491 e. The Hall–Kier alpha value is -1.32. The summed E-state index contributed by atoms with van der Waals surface area (Å²) in [6, 6.07) is 8.34. The first-order valence-electron chi connectivity index (χ1n) is 9.00. The number of rotatable bonds is 6. The number of aliphatic hydroxyl groups excluding tert-OH is 1. The van der Waals surface area contributed by atoms with Gasteiger partial charge in [-0.15, -0.1) is 0 Å². The molecule has 0 spiro atoms. The Balaban J connectivity index is 1.41. The van der Waals surface area contributed by atoms with E-state index in [-0.39, 0.29) is 0 Å². The lowest BCUT2D eigenvalue weighted by Crippen LogP contribution is -2.40. The molecule has 0 amide bonds. The standard InChI is InChI=1S/C20H29NO2/c1-16-10-12-21(13-11-16)14-19(22)15-23-20-8-6-18(7-9-20)17-4-2-3-5-17/h2,4,6-9,16-17,19,22H,3,5,10-15H2,1H3/t17-,19-/m1/s1. The lowest BCUT2D eigenvalue weighted by molar-refractivity contribution is 0.0563. The smallest absolute Gasteiger partial charge is 0.119 e. The molecule has 1 aliphatic heterocycles. The van der Waals surface area contributed by atoms with E-state index in [0.29, 0.717) is 12.5 Å². The summed E-state index contributed by atoms with van der Waals surface area (Å²) in [7, 11) is 0. The largest absolute Gasteiger partial charge is 0.491 e. The predicted octanol–water partition coefficient (Wildman–Crippen LogP) is 3.59. The number of ether oxygens (including phenoxy) is 1. The van der Waals surface area contributed by atoms with Crippen LogP contribution >= 0.6 is 0 Å². The van der Waals surface area contributed by atoms with Gasteiger partial charge < -0.3 is 14.7 Å². The van der Waals surface area contributed by atoms with Crippen LogP contribution in [0.2, 0.25) is 0 Å². The maximum atomic E-state index is 10.2. The number of hydrogen-bond acceptors (Lipinski definition) is 3. The number of benzene rings is 1. The Bertz CT molecular complexity index is 503. The molecule has 1 aliphatic carbocycles. The summed E-state index contributed by atoms with van der Waals surface area (Å²) in [5, 5.41) is 10.2. The second kappa shape index (κ2) is 7.98. The van der Waals surface area contributed by atoms with Gasteiger partial charge in [0.05, 0.1) is 0 Å². The topological polar surface area (TPSA) is 32.7 Å². The fourth-order valence-corrected chi connectivity index (χ4v) is 3.51. The van der Waals surface area contributed by atoms with Crippen LogP contribution < -0.4 is 4.74 Å². The van der Waals surface area contributed by atoms with Crippen LogP contribution in [0.15, 0.2) is 36.4 Å². The summed E-state index contributed by atoms with van der Waals surface area (Å²) < 4.78 is 5.75. The fourth-order valence-electron chi connectivity index (χ4n) is 3.51. The molecule has 0 bridgehead atoms. The molecule has 0 aromatic heterocycles. The van der Waals surface area contributed by atoms with Crippen molar-refractivity contribution in [2.45, 2.75) is 44.6 Å². The van der Waals surface area contributed by atoms with Crippen molar-refractivity contribution in [2.24, 2.45) is 5.92 Å². The lowest BCUT2D eigenvalue weighted by atomic mass is 9.99. The predicted molar refractivity (Wildman–Crippen MR) is 93.9 cm³/mol. The molecule has 0 saturated carbocycles. The summed E-state index contributed by atoms with van der Waals surface area (Å²) in [5.41, 5.74) is 1.36. The molecule has 1 saturated heterocycles. The molecule has 0 radical (unpaired) electrons. The van der Waals surface area contributed by atoms with Gasteiger partial charge in [0.2, 0.25) is 0 Å². The molecule has 3 rings (SSSR count). The second-order valence-corrected chi connectivity index (χ2v) is 7.13. The highest BCUT2D eigenvalue weighted by atomic mass is 16.5. The highest BCUT2D eigenvalue weighted by Gasteiger charge is 2.18. The van der Waals surface area contributed by atoms with Crippen LogP contribution in [0.3, 0.4) is 0 Å². The van der Waals surface area contributed by atoms with E-state index in [0.717, 1.165) is 31.3 Å². The maximum absolute atomic E-state index is 10.2. The van der Waals surface area contributed by atoms with E-state index < -0.39 is 6.10 Å². The quantitative estimate of drug-likeness (QED) is 0.814. The first kappa shape index (κ1) is 16.5. The Morgan fingerprint density at radius 1 is 1.17 bits per heavy atom. The van der Waals surface area contributed by atoms with Gasteiger partial charge in [-0.05, 0) is 62.4 Å². The molecule has 1 aromatic carbocycles. The zero-order valence-corrected chi connectivity index (χ0v) is 14.2. The van der Waals surface area contributed by atoms with Crippen LogP contribution in [-0.4, -0.2) is 42.4 Å². The molecule has 1 N–H and O–H groups in total. The molecule has 2 aliphatic rings. The van der Waals surface area contributed by atoms with E-state index in [2.05, 4.69) is 36.1 Å². The van der Waals surface area contributed by atoms with Gasteiger partial charge in [-0.2, -0.15) is 0 Å². The first-order chi connectivity index (χ1) is 11.2. The van der Waals surface area contributed by atoms with Gasteiger partial charge in [0.1, 0.15) is 18.5 Å². The maximum Gasteiger partial charge on any atom is 0.119 e. The van der Waals surface area contributed by atoms with Gasteiger partial charge in [0, 0.05) is 12.5 Å². The summed E-state index contributed by atoms with van der Waals surface area (Å²) in [6.45, 7) is 5.60. The van der Waals surface area contributed by atoms with Gasteiger partial charge >= 0.3 is 0 Å². The van der Waals surface area contributed by atoms with Gasteiger partial charge in [0.25, 0.3) is 0 Å². The molecule has 1 heterocycles. The number of hydrogen-bond donors (Lipinski definition) is 1. The van der Waals surface area contributed by atoms with Gasteiger partial charge in [-0.3, -0.25) is 0 Å². The van der Waals surface area contributed by atoms with Crippen molar-refractivity contribution in [1.29, 1.82) is 0 Å². The molecule has 3 heteroatoms. The van der Waals surface area contributed by atoms with Crippen molar-refractivity contribution in [1.82, 2.24) is 4.90 Å². The number of nitrogens with zero attached hydrogens (tertiary/aromatic N) is 1. The monoisotopic (exact) mass is 315 g/mol. The third kappa shape index (κ3) is 4.82. The number of piperidine rings is 1. The number of allylic oxidation sites excluding steroid dienone is 2. The van der Waals surface area contributed by atoms with Gasteiger partial charge in [-0.25, -0.2) is 0 Å². The summed E-state index contributed by atoms with van der Waals surface area (Å²) in [4.78, 5) is 2.35. The molecule has 0 unspecified atom stereocenters. The number of likely N-dealkylation sites (tertiary alicyclic amines) is 1. The molecular formula is C20H29NO2. The van der Waals surface area contributed by atoms with Crippen molar-refractivity contribution in [3.63, 3.8) is 0 Å². The van der Waals surface area contributed by atoms with Crippen molar-refractivity contribution in [3.05, 3.63) is 42.0 Å². The van der Waals surface area contributed by atoms with E-state index in [1.807, 2.05) is 12.1 Å². The van der Waals surface area contributed by atoms with Crippen LogP contribution in [0.1, 0.15) is 44.1 Å². The molecule has 23 heavy (non-hydrogen) atoms. The van der Waals surface area contributed by atoms with Crippen molar-refractivity contribution >= 4 is 0 Å². The average Bonchev–Trinajstić information content (AvgIpc) is 3.10. The minimum absolute atomic E-state index is 0.370. The fraction of sp³-hybridized carbons (Fsp3) is 0.600. The Morgan fingerprint density at radius 2 is 1.91 bits per heavy atom. The van der Waals surface area contributed by atoms with Crippen molar-refractivity contribution in [3.8, 4) is 5.75 Å². The van der Waals surface area contributed by atoms with Crippen LogP contribution in [-0.2, 0) is 0 Å². The normalized spacial score (nSPS) is 24.0. The summed E-state index contributed by atoms with van der Waals surface area (Å²) >= 11 is 0. The van der Waals surface area contributed by atoms with Crippen molar-refractivity contribution < 1.29 is 9.84 Å². The zero-order chi connectivity index (χ0) is 16.1. The van der Waals surface area contributed by atoms with Crippen LogP contribution in [0, 0.1) is 5.92 Å².